The van der Waals surface area contributed by atoms with Crippen LogP contribution in [0.25, 0.3) is 0 Å². The van der Waals surface area contributed by atoms with Gasteiger partial charge in [0.15, 0.2) is 0 Å². The van der Waals surface area contributed by atoms with E-state index >= 15 is 0 Å². The highest BCUT2D eigenvalue weighted by atomic mass is 16.2. The molecule has 5 nitrogen and oxygen atoms in total. The Labute approximate surface area is 124 Å². The Morgan fingerprint density at radius 3 is 2.62 bits per heavy atom. The summed E-state index contributed by atoms with van der Waals surface area (Å²) in [7, 11) is 0. The van der Waals surface area contributed by atoms with Crippen LogP contribution in [0.1, 0.15) is 24.8 Å². The van der Waals surface area contributed by atoms with E-state index in [1.807, 2.05) is 30.3 Å². The van der Waals surface area contributed by atoms with E-state index in [4.69, 9.17) is 0 Å². The summed E-state index contributed by atoms with van der Waals surface area (Å²) in [5.74, 6) is -0.112. The molecule has 2 fully saturated rings. The van der Waals surface area contributed by atoms with Crippen LogP contribution < -0.4 is 16.0 Å². The predicted octanol–water partition coefficient (Wildman–Crippen LogP) is 0.560. The lowest BCUT2D eigenvalue weighted by molar-refractivity contribution is -0.129. The average Bonchev–Trinajstić information content (AvgIpc) is 3.14. The highest BCUT2D eigenvalue weighted by Crippen LogP contribution is 2.33. The number of carbonyl (C=O) groups is 2. The van der Waals surface area contributed by atoms with E-state index in [9.17, 15) is 9.59 Å². The van der Waals surface area contributed by atoms with Crippen molar-refractivity contribution in [3.63, 3.8) is 0 Å². The van der Waals surface area contributed by atoms with Gasteiger partial charge in [0, 0.05) is 18.6 Å². The highest BCUT2D eigenvalue weighted by molar-refractivity contribution is 5.86. The van der Waals surface area contributed by atoms with Crippen molar-refractivity contribution < 1.29 is 9.59 Å². The fourth-order valence-corrected chi connectivity index (χ4v) is 3.27. The Morgan fingerprint density at radius 1 is 1.14 bits per heavy atom. The molecule has 2 heterocycles. The number of hydrogen-bond donors (Lipinski definition) is 3. The first kappa shape index (κ1) is 14.1. The van der Waals surface area contributed by atoms with Crippen molar-refractivity contribution in [1.29, 1.82) is 0 Å². The second-order valence-electron chi connectivity index (χ2n) is 5.87. The zero-order valence-electron chi connectivity index (χ0n) is 12.0. The van der Waals surface area contributed by atoms with Crippen LogP contribution in [-0.2, 0) is 16.1 Å². The van der Waals surface area contributed by atoms with Gasteiger partial charge < -0.3 is 16.0 Å². The number of benzene rings is 1. The number of rotatable bonds is 5. The van der Waals surface area contributed by atoms with E-state index < -0.39 is 0 Å². The minimum atomic E-state index is -0.150. The molecule has 2 bridgehead atoms. The largest absolute Gasteiger partial charge is 0.350 e. The molecule has 2 aliphatic rings. The molecular weight excluding hydrogens is 266 g/mol. The van der Waals surface area contributed by atoms with Crippen LogP contribution >= 0.6 is 0 Å². The number of hydrogen-bond acceptors (Lipinski definition) is 3. The Bertz CT molecular complexity index is 518. The summed E-state index contributed by atoms with van der Waals surface area (Å²) in [5, 5.41) is 9.00. The van der Waals surface area contributed by atoms with Crippen molar-refractivity contribution >= 4 is 11.8 Å². The molecule has 3 atom stereocenters. The first-order valence-electron chi connectivity index (χ1n) is 7.57. The minimum absolute atomic E-state index is 0.00422. The quantitative estimate of drug-likeness (QED) is 0.741. The van der Waals surface area contributed by atoms with Gasteiger partial charge in [-0.3, -0.25) is 9.59 Å². The van der Waals surface area contributed by atoms with Crippen LogP contribution in [0.3, 0.4) is 0 Å². The van der Waals surface area contributed by atoms with Gasteiger partial charge in [-0.15, -0.1) is 0 Å². The topological polar surface area (TPSA) is 70.2 Å². The standard InChI is InChI=1S/C16H21N3O2/c20-15(17-9-11-4-2-1-3-5-11)10-18-16(21)13-8-12-6-7-14(13)19-12/h1-5,12-14,19H,6-10H2,(H,17,20)(H,18,21). The molecule has 0 spiro atoms. The molecule has 2 saturated heterocycles. The molecule has 3 N–H and O–H groups in total. The van der Waals surface area contributed by atoms with E-state index in [1.165, 1.54) is 6.42 Å². The number of fused-ring (bicyclic) bond motifs is 2. The number of nitrogens with one attached hydrogen (secondary N) is 3. The molecule has 2 amide bonds. The van der Waals surface area contributed by atoms with E-state index in [0.29, 0.717) is 18.6 Å². The van der Waals surface area contributed by atoms with Gasteiger partial charge in [-0.25, -0.2) is 0 Å². The second-order valence-corrected chi connectivity index (χ2v) is 5.87. The Kier molecular flexibility index (Phi) is 4.20. The van der Waals surface area contributed by atoms with Crippen LogP contribution in [0.5, 0.6) is 0 Å². The summed E-state index contributed by atoms with van der Waals surface area (Å²) in [6, 6.07) is 10.5. The summed E-state index contributed by atoms with van der Waals surface area (Å²) in [4.78, 5) is 23.8. The maximum Gasteiger partial charge on any atom is 0.239 e. The van der Waals surface area contributed by atoms with Gasteiger partial charge in [-0.05, 0) is 24.8 Å². The third-order valence-electron chi connectivity index (χ3n) is 4.39. The van der Waals surface area contributed by atoms with Crippen molar-refractivity contribution in [3.05, 3.63) is 35.9 Å². The maximum absolute atomic E-state index is 12.1. The Balaban J connectivity index is 1.38. The third-order valence-corrected chi connectivity index (χ3v) is 4.39. The van der Waals surface area contributed by atoms with Crippen LogP contribution in [0.2, 0.25) is 0 Å². The van der Waals surface area contributed by atoms with Crippen LogP contribution in [0.4, 0.5) is 0 Å². The summed E-state index contributed by atoms with van der Waals surface area (Å²) >= 11 is 0. The monoisotopic (exact) mass is 287 g/mol. The molecule has 0 aliphatic carbocycles. The van der Waals surface area contributed by atoms with Crippen molar-refractivity contribution in [2.75, 3.05) is 6.54 Å². The first-order chi connectivity index (χ1) is 10.2. The Hall–Kier alpha value is -1.88. The first-order valence-corrected chi connectivity index (χ1v) is 7.57. The zero-order valence-corrected chi connectivity index (χ0v) is 12.0. The van der Waals surface area contributed by atoms with E-state index in [1.54, 1.807) is 0 Å². The molecule has 112 valence electrons. The predicted molar refractivity (Wildman–Crippen MR) is 79.4 cm³/mol. The molecule has 5 heteroatoms. The molecule has 21 heavy (non-hydrogen) atoms. The average molecular weight is 287 g/mol. The van der Waals surface area contributed by atoms with Gasteiger partial charge in [-0.2, -0.15) is 0 Å². The SMILES string of the molecule is O=C(CNC(=O)C1CC2CCC1N2)NCc1ccccc1. The zero-order chi connectivity index (χ0) is 14.7. The van der Waals surface area contributed by atoms with Gasteiger partial charge in [0.1, 0.15) is 0 Å². The molecule has 0 radical (unpaired) electrons. The summed E-state index contributed by atoms with van der Waals surface area (Å²) in [6.45, 7) is 0.546. The van der Waals surface area contributed by atoms with Crippen LogP contribution in [0, 0.1) is 5.92 Å². The molecular formula is C16H21N3O2. The van der Waals surface area contributed by atoms with E-state index in [-0.39, 0.29) is 24.3 Å². The molecule has 0 aromatic heterocycles. The Morgan fingerprint density at radius 2 is 1.95 bits per heavy atom. The number of carbonyl (C=O) groups excluding carboxylic acids is 2. The molecule has 0 saturated carbocycles. The summed E-state index contributed by atoms with van der Waals surface area (Å²) < 4.78 is 0. The fourth-order valence-electron chi connectivity index (χ4n) is 3.27. The second kappa shape index (κ2) is 6.26. The fraction of sp³-hybridized carbons (Fsp3) is 0.500. The molecule has 1 aromatic carbocycles. The molecule has 3 rings (SSSR count). The smallest absolute Gasteiger partial charge is 0.239 e. The van der Waals surface area contributed by atoms with E-state index in [2.05, 4.69) is 16.0 Å². The lowest BCUT2D eigenvalue weighted by Crippen LogP contribution is -2.42. The summed E-state index contributed by atoms with van der Waals surface area (Å²) in [6.07, 6.45) is 3.15. The summed E-state index contributed by atoms with van der Waals surface area (Å²) in [5.41, 5.74) is 1.05. The van der Waals surface area contributed by atoms with Crippen molar-refractivity contribution in [3.8, 4) is 0 Å². The normalized spacial score (nSPS) is 26.6. The third kappa shape index (κ3) is 3.42. The van der Waals surface area contributed by atoms with Gasteiger partial charge in [0.2, 0.25) is 11.8 Å². The van der Waals surface area contributed by atoms with Crippen molar-refractivity contribution in [2.24, 2.45) is 5.92 Å². The lowest BCUT2D eigenvalue weighted by Gasteiger charge is -2.19. The van der Waals surface area contributed by atoms with Gasteiger partial charge >= 0.3 is 0 Å². The van der Waals surface area contributed by atoms with Crippen molar-refractivity contribution in [1.82, 2.24) is 16.0 Å². The molecule has 2 aliphatic heterocycles. The van der Waals surface area contributed by atoms with Crippen LogP contribution in [0.15, 0.2) is 30.3 Å². The maximum atomic E-state index is 12.1. The lowest BCUT2D eigenvalue weighted by atomic mass is 9.88. The highest BCUT2D eigenvalue weighted by Gasteiger charge is 2.42. The van der Waals surface area contributed by atoms with Crippen molar-refractivity contribution in [2.45, 2.75) is 37.9 Å². The minimum Gasteiger partial charge on any atom is -0.350 e. The molecule has 1 aromatic rings. The van der Waals surface area contributed by atoms with Gasteiger partial charge in [-0.1, -0.05) is 30.3 Å². The van der Waals surface area contributed by atoms with Gasteiger partial charge in [0.05, 0.1) is 12.5 Å². The van der Waals surface area contributed by atoms with Crippen LogP contribution in [-0.4, -0.2) is 30.4 Å². The number of amides is 2. The van der Waals surface area contributed by atoms with Gasteiger partial charge in [0.25, 0.3) is 0 Å². The molecule has 3 unspecified atom stereocenters. The van der Waals surface area contributed by atoms with E-state index in [0.717, 1.165) is 18.4 Å².